The van der Waals surface area contributed by atoms with Crippen LogP contribution in [0, 0.1) is 0 Å². The van der Waals surface area contributed by atoms with E-state index in [2.05, 4.69) is 31.8 Å². The first kappa shape index (κ1) is 11.5. The molecule has 0 aliphatic carbocycles. The standard InChI is InChI=1S/C11H15ClOSi/c1-14(2,3)10-6-4-5-9(7-10)8-11(12)13/h4-7H,8H2,1-3H3. The highest BCUT2D eigenvalue weighted by molar-refractivity contribution is 6.88. The average Bonchev–Trinajstić information content (AvgIpc) is 2.01. The van der Waals surface area contributed by atoms with Crippen LogP contribution in [0.2, 0.25) is 19.6 Å². The zero-order valence-corrected chi connectivity index (χ0v) is 10.6. The first-order valence-corrected chi connectivity index (χ1v) is 8.55. The Labute approximate surface area is 91.1 Å². The summed E-state index contributed by atoms with van der Waals surface area (Å²) in [4.78, 5) is 10.8. The highest BCUT2D eigenvalue weighted by atomic mass is 35.5. The van der Waals surface area contributed by atoms with Gasteiger partial charge in [0, 0.05) is 6.42 Å². The van der Waals surface area contributed by atoms with E-state index in [1.807, 2.05) is 12.1 Å². The van der Waals surface area contributed by atoms with Gasteiger partial charge in [-0.3, -0.25) is 4.79 Å². The van der Waals surface area contributed by atoms with E-state index >= 15 is 0 Å². The first-order chi connectivity index (χ1) is 6.39. The predicted octanol–water partition coefficient (Wildman–Crippen LogP) is 2.54. The van der Waals surface area contributed by atoms with Gasteiger partial charge in [0.1, 0.15) is 0 Å². The highest BCUT2D eigenvalue weighted by Crippen LogP contribution is 2.06. The lowest BCUT2D eigenvalue weighted by Gasteiger charge is -2.17. The molecule has 0 spiro atoms. The minimum absolute atomic E-state index is 0.294. The highest BCUT2D eigenvalue weighted by Gasteiger charge is 2.16. The second-order valence-corrected chi connectivity index (χ2v) is 9.98. The number of hydrogen-bond donors (Lipinski definition) is 0. The van der Waals surface area contributed by atoms with Crippen LogP contribution >= 0.6 is 11.6 Å². The number of halogens is 1. The van der Waals surface area contributed by atoms with Crippen molar-refractivity contribution >= 4 is 30.1 Å². The Balaban J connectivity index is 2.95. The number of rotatable bonds is 3. The Bertz CT molecular complexity index is 341. The Morgan fingerprint density at radius 2 is 2.00 bits per heavy atom. The van der Waals surface area contributed by atoms with Crippen molar-refractivity contribution in [1.82, 2.24) is 0 Å². The minimum atomic E-state index is -1.27. The van der Waals surface area contributed by atoms with Crippen molar-refractivity contribution in [3.05, 3.63) is 29.8 Å². The smallest absolute Gasteiger partial charge is 0.226 e. The normalized spacial score (nSPS) is 11.4. The summed E-state index contributed by atoms with van der Waals surface area (Å²) in [5, 5.41) is 1.07. The summed E-state index contributed by atoms with van der Waals surface area (Å²) < 4.78 is 0. The van der Waals surface area contributed by atoms with Gasteiger partial charge in [-0.25, -0.2) is 0 Å². The molecule has 0 aromatic heterocycles. The third-order valence-corrected chi connectivity index (χ3v) is 4.31. The van der Waals surface area contributed by atoms with E-state index in [0.29, 0.717) is 6.42 Å². The molecule has 14 heavy (non-hydrogen) atoms. The third-order valence-electron chi connectivity index (χ3n) is 2.14. The molecule has 0 amide bonds. The SMILES string of the molecule is C[Si](C)(C)c1cccc(CC(=O)Cl)c1. The van der Waals surface area contributed by atoms with Gasteiger partial charge in [0.05, 0.1) is 8.07 Å². The summed E-state index contributed by atoms with van der Waals surface area (Å²) >= 11 is 5.35. The van der Waals surface area contributed by atoms with Gasteiger partial charge in [-0.15, -0.1) is 0 Å². The number of carbonyl (C=O) groups excluding carboxylic acids is 1. The predicted molar refractivity (Wildman–Crippen MR) is 64.0 cm³/mol. The quantitative estimate of drug-likeness (QED) is 0.572. The van der Waals surface area contributed by atoms with Crippen LogP contribution in [0.4, 0.5) is 0 Å². The molecule has 0 aliphatic heterocycles. The molecule has 1 nitrogen and oxygen atoms in total. The molecule has 0 atom stereocenters. The summed E-state index contributed by atoms with van der Waals surface area (Å²) in [6.45, 7) is 6.86. The summed E-state index contributed by atoms with van der Waals surface area (Å²) in [7, 11) is -1.27. The number of hydrogen-bond acceptors (Lipinski definition) is 1. The van der Waals surface area contributed by atoms with E-state index < -0.39 is 8.07 Å². The van der Waals surface area contributed by atoms with Crippen LogP contribution in [0.5, 0.6) is 0 Å². The molecule has 0 heterocycles. The van der Waals surface area contributed by atoms with Gasteiger partial charge in [0.15, 0.2) is 0 Å². The maximum absolute atomic E-state index is 10.8. The van der Waals surface area contributed by atoms with Crippen molar-refractivity contribution in [3.63, 3.8) is 0 Å². The first-order valence-electron chi connectivity index (χ1n) is 4.67. The number of benzene rings is 1. The van der Waals surface area contributed by atoms with Crippen molar-refractivity contribution < 1.29 is 4.79 Å². The molecule has 0 saturated heterocycles. The summed E-state index contributed by atoms with van der Waals surface area (Å²) in [6, 6.07) is 8.19. The molecule has 0 fully saturated rings. The molecule has 0 saturated carbocycles. The topological polar surface area (TPSA) is 17.1 Å². The van der Waals surface area contributed by atoms with Crippen LogP contribution < -0.4 is 5.19 Å². The maximum Gasteiger partial charge on any atom is 0.226 e. The third kappa shape index (κ3) is 3.27. The molecule has 0 aliphatic rings. The van der Waals surface area contributed by atoms with Gasteiger partial charge >= 0.3 is 0 Å². The van der Waals surface area contributed by atoms with Crippen molar-refractivity contribution in [3.8, 4) is 0 Å². The molecule has 0 unspecified atom stereocenters. The van der Waals surface area contributed by atoms with Gasteiger partial charge in [-0.2, -0.15) is 0 Å². The van der Waals surface area contributed by atoms with Gasteiger partial charge < -0.3 is 0 Å². The fourth-order valence-corrected chi connectivity index (χ4v) is 2.68. The molecular formula is C11H15ClOSi. The maximum atomic E-state index is 10.8. The Morgan fingerprint density at radius 1 is 1.36 bits per heavy atom. The fourth-order valence-electron chi connectivity index (χ4n) is 1.31. The second-order valence-electron chi connectivity index (χ2n) is 4.48. The van der Waals surface area contributed by atoms with Gasteiger partial charge in [0.25, 0.3) is 0 Å². The van der Waals surface area contributed by atoms with Crippen molar-refractivity contribution in [2.24, 2.45) is 0 Å². The molecule has 0 N–H and O–H groups in total. The van der Waals surface area contributed by atoms with Crippen LogP contribution in [-0.4, -0.2) is 13.3 Å². The largest absolute Gasteiger partial charge is 0.281 e. The lowest BCUT2D eigenvalue weighted by atomic mass is 10.2. The van der Waals surface area contributed by atoms with E-state index in [1.54, 1.807) is 0 Å². The fraction of sp³-hybridized carbons (Fsp3) is 0.364. The van der Waals surface area contributed by atoms with Crippen LogP contribution in [-0.2, 0) is 11.2 Å². The molecule has 1 rings (SSSR count). The van der Waals surface area contributed by atoms with Gasteiger partial charge in [-0.05, 0) is 17.2 Å². The van der Waals surface area contributed by atoms with Crippen LogP contribution in [0.25, 0.3) is 0 Å². The van der Waals surface area contributed by atoms with E-state index in [4.69, 9.17) is 11.6 Å². The molecule has 1 aromatic carbocycles. The van der Waals surface area contributed by atoms with E-state index in [1.165, 1.54) is 5.19 Å². The zero-order chi connectivity index (χ0) is 10.8. The Morgan fingerprint density at radius 3 is 2.50 bits per heavy atom. The summed E-state index contributed by atoms with van der Waals surface area (Å²) in [6.07, 6.45) is 0.333. The number of carbonyl (C=O) groups is 1. The van der Waals surface area contributed by atoms with Crippen LogP contribution in [0.15, 0.2) is 24.3 Å². The monoisotopic (exact) mass is 226 g/mol. The van der Waals surface area contributed by atoms with E-state index in [-0.39, 0.29) is 5.24 Å². The molecule has 1 aromatic rings. The summed E-state index contributed by atoms with van der Waals surface area (Å²) in [5.74, 6) is 0. The minimum Gasteiger partial charge on any atom is -0.281 e. The Hall–Kier alpha value is -0.603. The summed E-state index contributed by atoms with van der Waals surface area (Å²) in [5.41, 5.74) is 1.02. The van der Waals surface area contributed by atoms with Gasteiger partial charge in [0.2, 0.25) is 5.24 Å². The molecule has 0 radical (unpaired) electrons. The lowest BCUT2D eigenvalue weighted by Crippen LogP contribution is -2.37. The molecule has 0 bridgehead atoms. The van der Waals surface area contributed by atoms with Crippen LogP contribution in [0.1, 0.15) is 5.56 Å². The zero-order valence-electron chi connectivity index (χ0n) is 8.80. The van der Waals surface area contributed by atoms with E-state index in [9.17, 15) is 4.79 Å². The van der Waals surface area contributed by atoms with Crippen LogP contribution in [0.3, 0.4) is 0 Å². The van der Waals surface area contributed by atoms with Gasteiger partial charge in [-0.1, -0.05) is 49.1 Å². The molecule has 76 valence electrons. The lowest BCUT2D eigenvalue weighted by molar-refractivity contribution is -0.111. The Kier molecular flexibility index (Phi) is 3.51. The van der Waals surface area contributed by atoms with E-state index in [0.717, 1.165) is 5.56 Å². The van der Waals surface area contributed by atoms with Crippen molar-refractivity contribution in [1.29, 1.82) is 0 Å². The molecular weight excluding hydrogens is 212 g/mol. The molecule has 3 heteroatoms. The van der Waals surface area contributed by atoms with Crippen molar-refractivity contribution in [2.45, 2.75) is 26.1 Å². The average molecular weight is 227 g/mol. The second kappa shape index (κ2) is 4.28. The van der Waals surface area contributed by atoms with Crippen molar-refractivity contribution in [2.75, 3.05) is 0 Å².